The zero-order valence-corrected chi connectivity index (χ0v) is 12.7. The Morgan fingerprint density at radius 1 is 1.50 bits per heavy atom. The third kappa shape index (κ3) is 3.20. The summed E-state index contributed by atoms with van der Waals surface area (Å²) < 4.78 is 10.8. The van der Waals surface area contributed by atoms with E-state index in [-0.39, 0.29) is 5.91 Å². The van der Waals surface area contributed by atoms with Crippen molar-refractivity contribution < 1.29 is 13.9 Å². The van der Waals surface area contributed by atoms with Crippen LogP contribution in [0.5, 0.6) is 0 Å². The molecule has 1 saturated heterocycles. The average Bonchev–Trinajstić information content (AvgIpc) is 3.24. The van der Waals surface area contributed by atoms with E-state index in [1.807, 2.05) is 36.1 Å². The van der Waals surface area contributed by atoms with Gasteiger partial charge >= 0.3 is 0 Å². The number of ether oxygens (including phenoxy) is 1. The molecule has 1 fully saturated rings. The monoisotopic (exact) mass is 300 g/mol. The van der Waals surface area contributed by atoms with Gasteiger partial charge in [0.15, 0.2) is 12.2 Å². The van der Waals surface area contributed by atoms with Gasteiger partial charge in [0.25, 0.3) is 5.91 Å². The van der Waals surface area contributed by atoms with E-state index in [1.54, 1.807) is 6.20 Å². The number of amides is 1. The van der Waals surface area contributed by atoms with E-state index >= 15 is 0 Å². The molecule has 0 radical (unpaired) electrons. The van der Waals surface area contributed by atoms with Crippen molar-refractivity contribution in [2.24, 2.45) is 5.92 Å². The normalized spacial score (nSPS) is 17.9. The Morgan fingerprint density at radius 2 is 2.41 bits per heavy atom. The number of rotatable bonds is 5. The number of hydrogen-bond acceptors (Lipinski definition) is 4. The second kappa shape index (κ2) is 6.75. The van der Waals surface area contributed by atoms with Crippen molar-refractivity contribution >= 4 is 5.91 Å². The highest BCUT2D eigenvalue weighted by atomic mass is 16.5. The number of carbonyl (C=O) groups is 1. The molecule has 22 heavy (non-hydrogen) atoms. The van der Waals surface area contributed by atoms with Gasteiger partial charge in [-0.1, -0.05) is 12.1 Å². The van der Waals surface area contributed by atoms with Gasteiger partial charge in [0.2, 0.25) is 0 Å². The van der Waals surface area contributed by atoms with Crippen molar-refractivity contribution in [2.45, 2.75) is 13.3 Å². The number of oxazole rings is 1. The molecule has 0 aliphatic carbocycles. The number of hydrogen-bond donors (Lipinski definition) is 0. The molecule has 116 valence electrons. The largest absolute Gasteiger partial charge is 0.444 e. The third-order valence-corrected chi connectivity index (χ3v) is 3.96. The Labute approximate surface area is 129 Å². The molecule has 2 heterocycles. The van der Waals surface area contributed by atoms with E-state index in [0.29, 0.717) is 17.2 Å². The maximum absolute atomic E-state index is 12.6. The summed E-state index contributed by atoms with van der Waals surface area (Å²) in [6.45, 7) is 5.02. The van der Waals surface area contributed by atoms with Crippen LogP contribution in [0.4, 0.5) is 0 Å². The molecule has 2 aromatic rings. The minimum absolute atomic E-state index is 0.0698. The van der Waals surface area contributed by atoms with Crippen LogP contribution >= 0.6 is 0 Å². The molecule has 1 aliphatic heterocycles. The number of benzene rings is 1. The van der Waals surface area contributed by atoms with Gasteiger partial charge in [-0.15, -0.1) is 0 Å². The Kier molecular flexibility index (Phi) is 4.53. The van der Waals surface area contributed by atoms with Crippen LogP contribution in [0, 0.1) is 5.92 Å². The van der Waals surface area contributed by atoms with E-state index in [4.69, 9.17) is 9.15 Å². The van der Waals surface area contributed by atoms with Crippen molar-refractivity contribution in [2.75, 3.05) is 26.3 Å². The van der Waals surface area contributed by atoms with Crippen LogP contribution in [0.15, 0.2) is 41.3 Å². The van der Waals surface area contributed by atoms with Crippen LogP contribution in [0.1, 0.15) is 23.7 Å². The molecule has 5 nitrogen and oxygen atoms in total. The van der Waals surface area contributed by atoms with Gasteiger partial charge in [-0.05, 0) is 25.5 Å². The Balaban J connectivity index is 1.69. The van der Waals surface area contributed by atoms with E-state index in [1.165, 1.54) is 6.39 Å². The molecule has 1 aromatic heterocycles. The summed E-state index contributed by atoms with van der Waals surface area (Å²) in [6, 6.07) is 7.49. The highest BCUT2D eigenvalue weighted by molar-refractivity contribution is 5.95. The van der Waals surface area contributed by atoms with Gasteiger partial charge in [-0.2, -0.15) is 0 Å². The summed E-state index contributed by atoms with van der Waals surface area (Å²) in [5.41, 5.74) is 1.55. The molecule has 1 aliphatic rings. The fraction of sp³-hybridized carbons (Fsp3) is 0.412. The molecule has 0 unspecified atom stereocenters. The highest BCUT2D eigenvalue weighted by Crippen LogP contribution is 2.23. The van der Waals surface area contributed by atoms with Gasteiger partial charge in [-0.25, -0.2) is 4.98 Å². The van der Waals surface area contributed by atoms with Gasteiger partial charge in [0.05, 0.1) is 12.8 Å². The van der Waals surface area contributed by atoms with E-state index in [0.717, 1.165) is 38.3 Å². The van der Waals surface area contributed by atoms with Gasteiger partial charge in [0.1, 0.15) is 0 Å². The average molecular weight is 300 g/mol. The molecular weight excluding hydrogens is 280 g/mol. The Hall–Kier alpha value is -2.14. The Morgan fingerprint density at radius 3 is 3.18 bits per heavy atom. The lowest BCUT2D eigenvalue weighted by Gasteiger charge is -2.17. The zero-order chi connectivity index (χ0) is 15.4. The van der Waals surface area contributed by atoms with Gasteiger partial charge in [-0.3, -0.25) is 4.79 Å². The van der Waals surface area contributed by atoms with Crippen molar-refractivity contribution in [1.29, 1.82) is 0 Å². The highest BCUT2D eigenvalue weighted by Gasteiger charge is 2.27. The SMILES string of the molecule is CCOC[C@@H]1CCN(C(=O)c2cccc(-c3cnco3)c2)C1. The number of nitrogens with zero attached hydrogens (tertiary/aromatic N) is 2. The fourth-order valence-corrected chi connectivity index (χ4v) is 2.78. The standard InChI is InChI=1S/C17H20N2O3/c1-2-21-11-13-6-7-19(10-13)17(20)15-5-3-4-14(8-15)16-9-18-12-22-16/h3-5,8-9,12-13H,2,6-7,10-11H2,1H3/t13-/m1/s1. The minimum atomic E-state index is 0.0698. The summed E-state index contributed by atoms with van der Waals surface area (Å²) in [5, 5.41) is 0. The topological polar surface area (TPSA) is 55.6 Å². The number of carbonyl (C=O) groups excluding carboxylic acids is 1. The maximum atomic E-state index is 12.6. The van der Waals surface area contributed by atoms with Crippen molar-refractivity contribution in [3.8, 4) is 11.3 Å². The molecule has 5 heteroatoms. The number of aromatic nitrogens is 1. The molecular formula is C17H20N2O3. The second-order valence-electron chi connectivity index (χ2n) is 5.51. The zero-order valence-electron chi connectivity index (χ0n) is 12.7. The first kappa shape index (κ1) is 14.8. The molecule has 0 N–H and O–H groups in total. The lowest BCUT2D eigenvalue weighted by atomic mass is 10.1. The first-order chi connectivity index (χ1) is 10.8. The molecule has 0 spiro atoms. The third-order valence-electron chi connectivity index (χ3n) is 3.96. The Bertz CT molecular complexity index is 625. The number of likely N-dealkylation sites (tertiary alicyclic amines) is 1. The summed E-state index contributed by atoms with van der Waals surface area (Å²) in [5.74, 6) is 1.19. The summed E-state index contributed by atoms with van der Waals surface area (Å²) in [7, 11) is 0. The van der Waals surface area contributed by atoms with E-state index in [2.05, 4.69) is 4.98 Å². The maximum Gasteiger partial charge on any atom is 0.253 e. The van der Waals surface area contributed by atoms with Crippen LogP contribution in [0.25, 0.3) is 11.3 Å². The van der Waals surface area contributed by atoms with Crippen LogP contribution < -0.4 is 0 Å². The summed E-state index contributed by atoms with van der Waals surface area (Å²) >= 11 is 0. The molecule has 0 bridgehead atoms. The lowest BCUT2D eigenvalue weighted by Crippen LogP contribution is -2.29. The molecule has 1 atom stereocenters. The van der Waals surface area contributed by atoms with Crippen molar-refractivity contribution in [3.05, 3.63) is 42.4 Å². The first-order valence-electron chi connectivity index (χ1n) is 7.64. The van der Waals surface area contributed by atoms with Crippen molar-refractivity contribution in [1.82, 2.24) is 9.88 Å². The minimum Gasteiger partial charge on any atom is -0.444 e. The van der Waals surface area contributed by atoms with E-state index in [9.17, 15) is 4.79 Å². The predicted octanol–water partition coefficient (Wildman–Crippen LogP) is 2.84. The molecule has 1 amide bonds. The van der Waals surface area contributed by atoms with Crippen LogP contribution in [0.3, 0.4) is 0 Å². The quantitative estimate of drug-likeness (QED) is 0.852. The van der Waals surface area contributed by atoms with Crippen molar-refractivity contribution in [3.63, 3.8) is 0 Å². The first-order valence-corrected chi connectivity index (χ1v) is 7.64. The summed E-state index contributed by atoms with van der Waals surface area (Å²) in [4.78, 5) is 18.4. The van der Waals surface area contributed by atoms with Gasteiger partial charge < -0.3 is 14.1 Å². The smallest absolute Gasteiger partial charge is 0.253 e. The predicted molar refractivity (Wildman–Crippen MR) is 82.4 cm³/mol. The van der Waals surface area contributed by atoms with Crippen LogP contribution in [0.2, 0.25) is 0 Å². The van der Waals surface area contributed by atoms with Gasteiger partial charge in [0, 0.05) is 36.7 Å². The van der Waals surface area contributed by atoms with Crippen LogP contribution in [-0.4, -0.2) is 42.1 Å². The molecule has 3 rings (SSSR count). The second-order valence-corrected chi connectivity index (χ2v) is 5.51. The molecule has 1 aromatic carbocycles. The summed E-state index contributed by atoms with van der Waals surface area (Å²) in [6.07, 6.45) is 4.05. The molecule has 0 saturated carbocycles. The lowest BCUT2D eigenvalue weighted by molar-refractivity contribution is 0.0763. The van der Waals surface area contributed by atoms with E-state index < -0.39 is 0 Å². The fourth-order valence-electron chi connectivity index (χ4n) is 2.78. The van der Waals surface area contributed by atoms with Crippen LogP contribution in [-0.2, 0) is 4.74 Å².